The number of likely N-dealkylation sites (N-methyl/N-ethyl adjacent to an activating group) is 1. The van der Waals surface area contributed by atoms with E-state index < -0.39 is 0 Å². The van der Waals surface area contributed by atoms with Gasteiger partial charge in [-0.3, -0.25) is 19.7 Å². The van der Waals surface area contributed by atoms with Crippen LogP contribution in [-0.2, 0) is 4.79 Å². The third-order valence-electron chi connectivity index (χ3n) is 7.65. The number of aromatic nitrogens is 1. The molecule has 0 aliphatic carbocycles. The molecule has 1 amide bonds. The number of pyridine rings is 1. The van der Waals surface area contributed by atoms with Gasteiger partial charge < -0.3 is 10.6 Å². The molecule has 1 aromatic heterocycles. The Morgan fingerprint density at radius 2 is 1.93 bits per heavy atom. The second-order valence-corrected chi connectivity index (χ2v) is 10.6. The molecule has 8 heteroatoms. The normalized spacial score (nSPS) is 18.1. The van der Waals surface area contributed by atoms with Crippen LogP contribution in [0.1, 0.15) is 42.5 Å². The van der Waals surface area contributed by atoms with Gasteiger partial charge in [0.05, 0.1) is 0 Å². The van der Waals surface area contributed by atoms with E-state index in [9.17, 15) is 4.79 Å². The molecule has 41 heavy (non-hydrogen) atoms. The van der Waals surface area contributed by atoms with Crippen molar-refractivity contribution < 1.29 is 4.79 Å². The summed E-state index contributed by atoms with van der Waals surface area (Å²) in [5.41, 5.74) is 7.05. The molecule has 0 bridgehead atoms. The first-order chi connectivity index (χ1) is 20.0. The summed E-state index contributed by atoms with van der Waals surface area (Å²) in [7, 11) is 0. The van der Waals surface area contributed by atoms with Gasteiger partial charge in [0, 0.05) is 57.6 Å². The molecule has 0 atom stereocenters. The highest BCUT2D eigenvalue weighted by atomic mass is 35.5. The molecule has 2 N–H and O–H groups in total. The summed E-state index contributed by atoms with van der Waals surface area (Å²) in [6.45, 7) is 10.4. The number of amides is 1. The Morgan fingerprint density at radius 3 is 2.61 bits per heavy atom. The molecular formula is C33H35ClN6O. The number of nitrogens with one attached hydrogen (secondary N) is 2. The summed E-state index contributed by atoms with van der Waals surface area (Å²) in [5.74, 6) is 0.998. The zero-order valence-electron chi connectivity index (χ0n) is 23.5. The van der Waals surface area contributed by atoms with Gasteiger partial charge in [-0.05, 0) is 93.9 Å². The fraction of sp³-hybridized carbons (Fsp3) is 0.273. The minimum absolute atomic E-state index is 0.161. The van der Waals surface area contributed by atoms with Gasteiger partial charge in [0.2, 0.25) is 0 Å². The summed E-state index contributed by atoms with van der Waals surface area (Å²) >= 11 is 6.76. The molecule has 0 unspecified atom stereocenters. The number of aliphatic imine (C=N–C) groups is 2. The molecule has 0 radical (unpaired) electrons. The van der Waals surface area contributed by atoms with Crippen LogP contribution in [0.25, 0.3) is 16.7 Å². The molecule has 2 aromatic carbocycles. The van der Waals surface area contributed by atoms with E-state index in [0.29, 0.717) is 46.7 Å². The fourth-order valence-electron chi connectivity index (χ4n) is 5.46. The van der Waals surface area contributed by atoms with Gasteiger partial charge in [0.1, 0.15) is 12.5 Å². The smallest absolute Gasteiger partial charge is 0.260 e. The Hall–Kier alpha value is -4.07. The number of piperidine rings is 1. The molecule has 210 valence electrons. The molecule has 3 heterocycles. The van der Waals surface area contributed by atoms with Crippen LogP contribution in [0.4, 0.5) is 5.69 Å². The first-order valence-electron chi connectivity index (χ1n) is 14.0. The summed E-state index contributed by atoms with van der Waals surface area (Å²) in [5, 5.41) is 7.27. The number of anilines is 1. The molecule has 3 aromatic rings. The summed E-state index contributed by atoms with van der Waals surface area (Å²) in [4.78, 5) is 28.5. The van der Waals surface area contributed by atoms with E-state index >= 15 is 0 Å². The minimum Gasteiger partial charge on any atom is -0.366 e. The van der Waals surface area contributed by atoms with Crippen LogP contribution < -0.4 is 10.6 Å². The monoisotopic (exact) mass is 566 g/mol. The zero-order chi connectivity index (χ0) is 28.8. The lowest BCUT2D eigenvalue weighted by Gasteiger charge is -2.29. The van der Waals surface area contributed by atoms with Crippen LogP contribution in [0.3, 0.4) is 0 Å². The van der Waals surface area contributed by atoms with Crippen molar-refractivity contribution in [1.82, 2.24) is 15.2 Å². The van der Waals surface area contributed by atoms with Crippen molar-refractivity contribution in [2.24, 2.45) is 9.98 Å². The molecule has 0 spiro atoms. The van der Waals surface area contributed by atoms with Crippen LogP contribution in [-0.4, -0.2) is 54.6 Å². The fourth-order valence-corrected chi connectivity index (χ4v) is 5.74. The van der Waals surface area contributed by atoms with E-state index in [4.69, 9.17) is 16.6 Å². The second-order valence-electron chi connectivity index (χ2n) is 10.2. The predicted molar refractivity (Wildman–Crippen MR) is 170 cm³/mol. The minimum atomic E-state index is -0.161. The Labute approximate surface area is 246 Å². The van der Waals surface area contributed by atoms with Crippen LogP contribution >= 0.6 is 11.6 Å². The summed E-state index contributed by atoms with van der Waals surface area (Å²) in [6, 6.07) is 18.2. The number of hydrogen-bond donors (Lipinski definition) is 2. The number of carbonyl (C=O) groups excluding carboxylic acids is 1. The molecule has 5 rings (SSSR count). The SMILES string of the molecule is C=N/C=C1/C=C(c2ccc(-c3cccnc3C)cc2Cl)C(=O)N(CC)/C1=N/CNc1ccc(C2CCNCC2)cc1. The molecule has 1 saturated heterocycles. The van der Waals surface area contributed by atoms with Gasteiger partial charge in [-0.25, -0.2) is 4.99 Å². The molecule has 2 aliphatic rings. The van der Waals surface area contributed by atoms with E-state index in [-0.39, 0.29) is 5.91 Å². The van der Waals surface area contributed by atoms with Crippen LogP contribution in [0.5, 0.6) is 0 Å². The maximum Gasteiger partial charge on any atom is 0.260 e. The first-order valence-corrected chi connectivity index (χ1v) is 14.4. The van der Waals surface area contributed by atoms with E-state index in [2.05, 4.69) is 51.6 Å². The number of carbonyl (C=O) groups is 1. The van der Waals surface area contributed by atoms with Crippen molar-refractivity contribution in [3.63, 3.8) is 0 Å². The van der Waals surface area contributed by atoms with Gasteiger partial charge in [0.25, 0.3) is 5.91 Å². The van der Waals surface area contributed by atoms with E-state index in [1.54, 1.807) is 23.4 Å². The van der Waals surface area contributed by atoms with E-state index in [1.807, 2.05) is 44.2 Å². The Kier molecular flexibility index (Phi) is 9.07. The Bertz CT molecular complexity index is 1520. The van der Waals surface area contributed by atoms with E-state index in [1.165, 1.54) is 18.4 Å². The van der Waals surface area contributed by atoms with Crippen molar-refractivity contribution in [3.8, 4) is 11.1 Å². The summed E-state index contributed by atoms with van der Waals surface area (Å²) < 4.78 is 0. The standard InChI is InChI=1S/C33H35ClN6O/c1-4-40-32(39-21-38-27-10-7-23(8-11-27)24-13-16-36-17-14-24)26(20-35-3)18-30(33(40)41)29-12-9-25(19-31(29)34)28-6-5-15-37-22(28)2/h5-12,15,18-20,24,36,38H,3-4,13-14,16-17,21H2,1-2H3/b26-20-,39-32+. The molecule has 7 nitrogen and oxygen atoms in total. The number of rotatable bonds is 8. The number of amidine groups is 1. The largest absolute Gasteiger partial charge is 0.366 e. The predicted octanol–water partition coefficient (Wildman–Crippen LogP) is 6.48. The number of benzene rings is 2. The number of hydrogen-bond acceptors (Lipinski definition) is 6. The Balaban J connectivity index is 1.37. The highest BCUT2D eigenvalue weighted by Crippen LogP contribution is 2.34. The van der Waals surface area contributed by atoms with Crippen molar-refractivity contribution in [3.05, 3.63) is 100 Å². The van der Waals surface area contributed by atoms with Gasteiger partial charge in [0.15, 0.2) is 0 Å². The lowest BCUT2D eigenvalue weighted by molar-refractivity contribution is -0.121. The maximum atomic E-state index is 13.7. The Morgan fingerprint density at radius 1 is 1.15 bits per heavy atom. The average Bonchev–Trinajstić information content (AvgIpc) is 3.00. The number of halogens is 1. The zero-order valence-corrected chi connectivity index (χ0v) is 24.3. The average molecular weight is 567 g/mol. The van der Waals surface area contributed by atoms with Crippen LogP contribution in [0, 0.1) is 6.92 Å². The maximum absolute atomic E-state index is 13.7. The summed E-state index contributed by atoms with van der Waals surface area (Å²) in [6.07, 6.45) is 7.53. The van der Waals surface area contributed by atoms with Gasteiger partial charge in [-0.2, -0.15) is 0 Å². The lowest BCUT2D eigenvalue weighted by Crippen LogP contribution is -2.41. The topological polar surface area (TPSA) is 82.0 Å². The number of aryl methyl sites for hydroxylation is 1. The molecule has 1 fully saturated rings. The van der Waals surface area contributed by atoms with Gasteiger partial charge in [-0.1, -0.05) is 41.9 Å². The lowest BCUT2D eigenvalue weighted by atomic mass is 9.90. The molecule has 0 saturated carbocycles. The molecular weight excluding hydrogens is 532 g/mol. The third kappa shape index (κ3) is 6.32. The van der Waals surface area contributed by atoms with Crippen LogP contribution in [0.15, 0.2) is 88.6 Å². The van der Waals surface area contributed by atoms with Crippen molar-refractivity contribution in [1.29, 1.82) is 0 Å². The first kappa shape index (κ1) is 28.5. The van der Waals surface area contributed by atoms with E-state index in [0.717, 1.165) is 35.6 Å². The highest BCUT2D eigenvalue weighted by Gasteiger charge is 2.31. The van der Waals surface area contributed by atoms with Crippen molar-refractivity contribution in [2.75, 3.05) is 31.6 Å². The highest BCUT2D eigenvalue weighted by molar-refractivity contribution is 6.37. The molecule has 2 aliphatic heterocycles. The van der Waals surface area contributed by atoms with Crippen LogP contribution in [0.2, 0.25) is 5.02 Å². The third-order valence-corrected chi connectivity index (χ3v) is 7.96. The van der Waals surface area contributed by atoms with Gasteiger partial charge in [-0.15, -0.1) is 0 Å². The van der Waals surface area contributed by atoms with Crippen molar-refractivity contribution >= 4 is 41.3 Å². The van der Waals surface area contributed by atoms with Gasteiger partial charge >= 0.3 is 0 Å². The second kappa shape index (κ2) is 13.1. The quantitative estimate of drug-likeness (QED) is 0.306. The van der Waals surface area contributed by atoms with Crippen molar-refractivity contribution in [2.45, 2.75) is 32.6 Å². The number of nitrogens with zero attached hydrogens (tertiary/aromatic N) is 4.